The molecule has 4 heteroatoms. The summed E-state index contributed by atoms with van der Waals surface area (Å²) in [6.45, 7) is 0. The van der Waals surface area contributed by atoms with Crippen molar-refractivity contribution in [2.45, 2.75) is 25.2 Å². The lowest BCUT2D eigenvalue weighted by molar-refractivity contribution is 0.0591. The Morgan fingerprint density at radius 3 is 2.94 bits per heavy atom. The van der Waals surface area contributed by atoms with Gasteiger partial charge in [0.2, 0.25) is 0 Å². The summed E-state index contributed by atoms with van der Waals surface area (Å²) in [6.07, 6.45) is 5.39. The number of pyridine rings is 1. The van der Waals surface area contributed by atoms with Gasteiger partial charge in [0.1, 0.15) is 11.5 Å². The van der Waals surface area contributed by atoms with E-state index in [1.807, 2.05) is 22.7 Å². The monoisotopic (exact) mass is 230 g/mol. The Kier molecular flexibility index (Phi) is 2.35. The normalized spacial score (nSPS) is 15.8. The van der Waals surface area contributed by atoms with E-state index in [0.717, 1.165) is 24.2 Å². The molecule has 0 bridgehead atoms. The molecule has 0 unspecified atom stereocenters. The van der Waals surface area contributed by atoms with Crippen LogP contribution in [0.25, 0.3) is 5.52 Å². The first-order valence-corrected chi connectivity index (χ1v) is 5.86. The summed E-state index contributed by atoms with van der Waals surface area (Å²) in [5, 5.41) is 0. The summed E-state index contributed by atoms with van der Waals surface area (Å²) < 4.78 is 6.74. The molecule has 1 aliphatic rings. The van der Waals surface area contributed by atoms with Crippen LogP contribution in [0.4, 0.5) is 0 Å². The molecule has 0 atom stereocenters. The number of rotatable bonds is 2. The molecular formula is C13H14N2O2. The van der Waals surface area contributed by atoms with Gasteiger partial charge in [-0.15, -0.1) is 0 Å². The first kappa shape index (κ1) is 10.3. The van der Waals surface area contributed by atoms with Crippen LogP contribution in [0, 0.1) is 0 Å². The molecule has 0 aliphatic heterocycles. The van der Waals surface area contributed by atoms with E-state index in [1.165, 1.54) is 13.5 Å². The zero-order valence-corrected chi connectivity index (χ0v) is 9.72. The highest BCUT2D eigenvalue weighted by atomic mass is 16.5. The fourth-order valence-corrected chi connectivity index (χ4v) is 2.29. The fraction of sp³-hybridized carbons (Fsp3) is 0.385. The molecule has 0 saturated heterocycles. The van der Waals surface area contributed by atoms with E-state index in [-0.39, 0.29) is 5.97 Å². The molecule has 0 aromatic carbocycles. The number of imidazole rings is 1. The minimum Gasteiger partial charge on any atom is -0.464 e. The Hall–Kier alpha value is -1.84. The molecule has 3 rings (SSSR count). The molecule has 1 aliphatic carbocycles. The summed E-state index contributed by atoms with van der Waals surface area (Å²) in [5.41, 5.74) is 1.51. The first-order valence-electron chi connectivity index (χ1n) is 5.86. The highest BCUT2D eigenvalue weighted by molar-refractivity contribution is 5.88. The molecule has 2 aromatic rings. The van der Waals surface area contributed by atoms with Crippen molar-refractivity contribution in [1.82, 2.24) is 9.38 Å². The second-order valence-corrected chi connectivity index (χ2v) is 4.41. The van der Waals surface area contributed by atoms with E-state index in [9.17, 15) is 4.79 Å². The molecule has 1 fully saturated rings. The third kappa shape index (κ3) is 1.52. The number of hydrogen-bond acceptors (Lipinski definition) is 3. The van der Waals surface area contributed by atoms with Crippen molar-refractivity contribution >= 4 is 11.5 Å². The molecule has 1 saturated carbocycles. The van der Waals surface area contributed by atoms with Gasteiger partial charge >= 0.3 is 5.97 Å². The standard InChI is InChI=1S/C13H14N2O2/c1-17-13(16)11-7-3-6-10-8-14-12(15(10)11)9-4-2-5-9/h3,6-9H,2,4-5H2,1H3. The highest BCUT2D eigenvalue weighted by Crippen LogP contribution is 2.36. The molecule has 2 heterocycles. The Balaban J connectivity index is 2.20. The number of carbonyl (C=O) groups excluding carboxylic acids is 1. The average molecular weight is 230 g/mol. The van der Waals surface area contributed by atoms with E-state index in [2.05, 4.69) is 4.98 Å². The number of ether oxygens (including phenoxy) is 1. The molecular weight excluding hydrogens is 216 g/mol. The van der Waals surface area contributed by atoms with Crippen LogP contribution < -0.4 is 0 Å². The largest absolute Gasteiger partial charge is 0.464 e. The summed E-state index contributed by atoms with van der Waals surface area (Å²) in [5.74, 6) is 1.17. The summed E-state index contributed by atoms with van der Waals surface area (Å²) >= 11 is 0. The van der Waals surface area contributed by atoms with Gasteiger partial charge in [-0.1, -0.05) is 12.5 Å². The fourth-order valence-electron chi connectivity index (χ4n) is 2.29. The van der Waals surface area contributed by atoms with Crippen LogP contribution >= 0.6 is 0 Å². The maximum Gasteiger partial charge on any atom is 0.355 e. The van der Waals surface area contributed by atoms with Crippen molar-refractivity contribution in [3.05, 3.63) is 35.9 Å². The van der Waals surface area contributed by atoms with Gasteiger partial charge in [-0.25, -0.2) is 9.78 Å². The van der Waals surface area contributed by atoms with Crippen LogP contribution in [-0.4, -0.2) is 22.5 Å². The number of carbonyl (C=O) groups is 1. The second-order valence-electron chi connectivity index (χ2n) is 4.41. The van der Waals surface area contributed by atoms with Gasteiger partial charge < -0.3 is 4.74 Å². The zero-order valence-electron chi connectivity index (χ0n) is 9.72. The number of hydrogen-bond donors (Lipinski definition) is 0. The molecule has 4 nitrogen and oxygen atoms in total. The van der Waals surface area contributed by atoms with E-state index in [0.29, 0.717) is 11.6 Å². The highest BCUT2D eigenvalue weighted by Gasteiger charge is 2.25. The minimum absolute atomic E-state index is 0.311. The topological polar surface area (TPSA) is 43.6 Å². The van der Waals surface area contributed by atoms with Gasteiger partial charge in [0.15, 0.2) is 0 Å². The predicted octanol–water partition coefficient (Wildman–Crippen LogP) is 2.39. The SMILES string of the molecule is COC(=O)c1cccc2cnc(C3CCC3)n12. The van der Waals surface area contributed by atoms with Crippen molar-refractivity contribution in [3.63, 3.8) is 0 Å². The average Bonchev–Trinajstić information content (AvgIpc) is 2.70. The number of fused-ring (bicyclic) bond motifs is 1. The van der Waals surface area contributed by atoms with Gasteiger partial charge in [0.05, 0.1) is 18.8 Å². The van der Waals surface area contributed by atoms with Crippen LogP contribution in [0.2, 0.25) is 0 Å². The molecule has 0 amide bonds. The molecule has 17 heavy (non-hydrogen) atoms. The van der Waals surface area contributed by atoms with Crippen molar-refractivity contribution in [2.75, 3.05) is 7.11 Å². The quantitative estimate of drug-likeness (QED) is 0.744. The lowest BCUT2D eigenvalue weighted by Gasteiger charge is -2.24. The van der Waals surface area contributed by atoms with Gasteiger partial charge in [-0.2, -0.15) is 0 Å². The Morgan fingerprint density at radius 2 is 2.29 bits per heavy atom. The number of esters is 1. The van der Waals surface area contributed by atoms with Crippen LogP contribution in [0.5, 0.6) is 0 Å². The first-order chi connectivity index (χ1) is 8.31. The molecule has 88 valence electrons. The van der Waals surface area contributed by atoms with Crippen molar-refractivity contribution in [2.24, 2.45) is 0 Å². The molecule has 0 spiro atoms. The molecule has 2 aromatic heterocycles. The molecule has 0 radical (unpaired) electrons. The summed E-state index contributed by atoms with van der Waals surface area (Å²) in [7, 11) is 1.40. The Morgan fingerprint density at radius 1 is 1.47 bits per heavy atom. The summed E-state index contributed by atoms with van der Waals surface area (Å²) in [6, 6.07) is 5.60. The van der Waals surface area contributed by atoms with Crippen molar-refractivity contribution in [1.29, 1.82) is 0 Å². The lowest BCUT2D eigenvalue weighted by Crippen LogP contribution is -2.16. The van der Waals surface area contributed by atoms with E-state index < -0.39 is 0 Å². The third-order valence-corrected chi connectivity index (χ3v) is 3.44. The Bertz CT molecular complexity index is 570. The minimum atomic E-state index is -0.311. The lowest BCUT2D eigenvalue weighted by atomic mass is 9.85. The molecule has 0 N–H and O–H groups in total. The van der Waals surface area contributed by atoms with Crippen LogP contribution in [0.15, 0.2) is 24.4 Å². The van der Waals surface area contributed by atoms with E-state index in [1.54, 1.807) is 6.07 Å². The summed E-state index contributed by atoms with van der Waals surface area (Å²) in [4.78, 5) is 16.2. The number of aromatic nitrogens is 2. The van der Waals surface area contributed by atoms with Gasteiger partial charge in [0, 0.05) is 5.92 Å². The van der Waals surface area contributed by atoms with Crippen LogP contribution in [0.1, 0.15) is 41.5 Å². The number of methoxy groups -OCH3 is 1. The van der Waals surface area contributed by atoms with E-state index in [4.69, 9.17) is 4.74 Å². The van der Waals surface area contributed by atoms with Gasteiger partial charge in [-0.3, -0.25) is 4.40 Å². The second kappa shape index (κ2) is 3.87. The van der Waals surface area contributed by atoms with Gasteiger partial charge in [-0.05, 0) is 25.0 Å². The zero-order chi connectivity index (χ0) is 11.8. The van der Waals surface area contributed by atoms with Crippen molar-refractivity contribution in [3.8, 4) is 0 Å². The van der Waals surface area contributed by atoms with Crippen LogP contribution in [0.3, 0.4) is 0 Å². The van der Waals surface area contributed by atoms with Crippen molar-refractivity contribution < 1.29 is 9.53 Å². The van der Waals surface area contributed by atoms with E-state index >= 15 is 0 Å². The Labute approximate surface area is 99.2 Å². The van der Waals surface area contributed by atoms with Gasteiger partial charge in [0.25, 0.3) is 0 Å². The smallest absolute Gasteiger partial charge is 0.355 e. The van der Waals surface area contributed by atoms with Crippen LogP contribution in [-0.2, 0) is 4.74 Å². The number of nitrogens with zero attached hydrogens (tertiary/aromatic N) is 2. The maximum absolute atomic E-state index is 11.7. The predicted molar refractivity (Wildman–Crippen MR) is 63.1 cm³/mol. The third-order valence-electron chi connectivity index (χ3n) is 3.44. The maximum atomic E-state index is 11.7.